The number of hydrogen-bond donors (Lipinski definition) is 2. The summed E-state index contributed by atoms with van der Waals surface area (Å²) in [6.07, 6.45) is 1.82. The van der Waals surface area contributed by atoms with Gasteiger partial charge in [0.25, 0.3) is 0 Å². The summed E-state index contributed by atoms with van der Waals surface area (Å²) in [5.41, 5.74) is 7.68. The number of hydrogen-bond acceptors (Lipinski definition) is 3. The van der Waals surface area contributed by atoms with Crippen molar-refractivity contribution in [3.63, 3.8) is 0 Å². The number of likely N-dealkylation sites (N-methyl/N-ethyl adjacent to an activating group) is 1. The molecule has 0 aliphatic rings. The number of carbonyl (C=O) groups excluding carboxylic acids is 2. The van der Waals surface area contributed by atoms with Crippen molar-refractivity contribution in [1.82, 2.24) is 5.32 Å². The van der Waals surface area contributed by atoms with Gasteiger partial charge in [-0.1, -0.05) is 61.9 Å². The van der Waals surface area contributed by atoms with Gasteiger partial charge in [-0.2, -0.15) is 0 Å². The van der Waals surface area contributed by atoms with E-state index < -0.39 is 12.1 Å². The fourth-order valence-corrected chi connectivity index (χ4v) is 2.78. The average Bonchev–Trinajstić information content (AvgIpc) is 2.68. The van der Waals surface area contributed by atoms with Crippen molar-refractivity contribution in [1.29, 1.82) is 0 Å². The number of carbonyl (C=O) groups is 2. The zero-order valence-electron chi connectivity index (χ0n) is 15.8. The molecule has 27 heavy (non-hydrogen) atoms. The van der Waals surface area contributed by atoms with Crippen LogP contribution in [0.4, 0.5) is 5.69 Å². The van der Waals surface area contributed by atoms with Gasteiger partial charge in [0, 0.05) is 19.2 Å². The molecule has 0 saturated heterocycles. The Kier molecular flexibility index (Phi) is 9.54. The molecule has 6 heteroatoms. The molecule has 0 radical (unpaired) electrons. The maximum absolute atomic E-state index is 13.0. The molecule has 0 spiro atoms. The third-order valence-electron chi connectivity index (χ3n) is 4.31. The Morgan fingerprint density at radius 1 is 1.04 bits per heavy atom. The highest BCUT2D eigenvalue weighted by molar-refractivity contribution is 5.99. The maximum Gasteiger partial charge on any atom is 0.249 e. The Balaban J connectivity index is 0.00000364. The predicted octanol–water partition coefficient (Wildman–Crippen LogP) is 2.93. The quantitative estimate of drug-likeness (QED) is 0.728. The van der Waals surface area contributed by atoms with E-state index >= 15 is 0 Å². The van der Waals surface area contributed by atoms with E-state index in [2.05, 4.69) is 5.32 Å². The smallest absolute Gasteiger partial charge is 0.249 e. The number of nitrogens with one attached hydrogen (secondary N) is 1. The lowest BCUT2D eigenvalue weighted by molar-refractivity contribution is -0.128. The molecule has 2 rings (SSSR count). The summed E-state index contributed by atoms with van der Waals surface area (Å²) in [5, 5.41) is 2.85. The predicted molar refractivity (Wildman–Crippen MR) is 112 cm³/mol. The molecule has 2 amide bonds. The van der Waals surface area contributed by atoms with E-state index in [1.165, 1.54) is 0 Å². The van der Waals surface area contributed by atoms with Crippen LogP contribution in [0.3, 0.4) is 0 Å². The summed E-state index contributed by atoms with van der Waals surface area (Å²) in [5.74, 6) is -0.459. The van der Waals surface area contributed by atoms with E-state index in [-0.39, 0.29) is 24.2 Å². The molecule has 0 saturated carbocycles. The van der Waals surface area contributed by atoms with Crippen LogP contribution in [0.15, 0.2) is 60.7 Å². The highest BCUT2D eigenvalue weighted by Crippen LogP contribution is 2.14. The van der Waals surface area contributed by atoms with E-state index in [4.69, 9.17) is 5.73 Å². The van der Waals surface area contributed by atoms with Gasteiger partial charge in [0.05, 0.1) is 6.04 Å². The topological polar surface area (TPSA) is 75.4 Å². The van der Waals surface area contributed by atoms with Gasteiger partial charge in [0.1, 0.15) is 6.04 Å². The first kappa shape index (κ1) is 22.7. The third-order valence-corrected chi connectivity index (χ3v) is 4.31. The van der Waals surface area contributed by atoms with Crippen LogP contribution in [0.25, 0.3) is 0 Å². The second-order valence-corrected chi connectivity index (χ2v) is 6.38. The molecule has 0 fully saturated rings. The molecule has 2 aromatic rings. The number of rotatable bonds is 8. The van der Waals surface area contributed by atoms with Crippen molar-refractivity contribution in [2.75, 3.05) is 11.9 Å². The lowest BCUT2D eigenvalue weighted by Gasteiger charge is -2.26. The van der Waals surface area contributed by atoms with Gasteiger partial charge >= 0.3 is 0 Å². The van der Waals surface area contributed by atoms with Crippen molar-refractivity contribution in [3.05, 3.63) is 66.2 Å². The van der Waals surface area contributed by atoms with Crippen molar-refractivity contribution in [2.45, 2.75) is 38.3 Å². The molecule has 0 aliphatic carbocycles. The number of anilines is 1. The minimum atomic E-state index is -0.669. The molecule has 146 valence electrons. The normalized spacial score (nSPS) is 12.4. The van der Waals surface area contributed by atoms with Gasteiger partial charge in [0.2, 0.25) is 11.8 Å². The summed E-state index contributed by atoms with van der Waals surface area (Å²) >= 11 is 0. The van der Waals surface area contributed by atoms with Crippen LogP contribution in [0.1, 0.15) is 25.3 Å². The molecular weight excluding hydrogens is 362 g/mol. The van der Waals surface area contributed by atoms with Crippen LogP contribution in [0.2, 0.25) is 0 Å². The zero-order valence-corrected chi connectivity index (χ0v) is 16.6. The average molecular weight is 390 g/mol. The van der Waals surface area contributed by atoms with Crippen LogP contribution in [-0.4, -0.2) is 30.9 Å². The van der Waals surface area contributed by atoms with E-state index in [1.807, 2.05) is 67.6 Å². The summed E-state index contributed by atoms with van der Waals surface area (Å²) < 4.78 is 0. The van der Waals surface area contributed by atoms with Gasteiger partial charge in [-0.3, -0.25) is 9.59 Å². The Labute approximate surface area is 167 Å². The fraction of sp³-hybridized carbons (Fsp3) is 0.333. The molecule has 3 N–H and O–H groups in total. The van der Waals surface area contributed by atoms with Gasteiger partial charge < -0.3 is 16.0 Å². The molecule has 0 bridgehead atoms. The summed E-state index contributed by atoms with van der Waals surface area (Å²) in [6, 6.07) is 17.8. The number of halogens is 1. The van der Waals surface area contributed by atoms with Crippen LogP contribution < -0.4 is 16.0 Å². The molecule has 5 nitrogen and oxygen atoms in total. The van der Waals surface area contributed by atoms with E-state index in [1.54, 1.807) is 11.9 Å². The summed E-state index contributed by atoms with van der Waals surface area (Å²) in [6.45, 7) is 1.98. The molecule has 0 aromatic heterocycles. The first-order valence-electron chi connectivity index (χ1n) is 8.95. The standard InChI is InChI=1S/C21H27N3O2.ClH/c1-3-10-18(22)20(25)23-19(15-16-11-6-4-7-12-16)21(26)24(2)17-13-8-5-9-14-17;/h4-9,11-14,18-19H,3,10,15,22H2,1-2H3,(H,23,25);1H/t18?,19-;/m0./s1. The number of benzene rings is 2. The number of nitrogens with two attached hydrogens (primary N) is 1. The summed E-state index contributed by atoms with van der Waals surface area (Å²) in [7, 11) is 1.72. The van der Waals surface area contributed by atoms with Crippen molar-refractivity contribution >= 4 is 29.9 Å². The molecule has 0 heterocycles. The Bertz CT molecular complexity index is 710. The Morgan fingerprint density at radius 2 is 1.59 bits per heavy atom. The highest BCUT2D eigenvalue weighted by atomic mass is 35.5. The molecule has 1 unspecified atom stereocenters. The Morgan fingerprint density at radius 3 is 2.15 bits per heavy atom. The largest absolute Gasteiger partial charge is 0.343 e. The summed E-state index contributed by atoms with van der Waals surface area (Å²) in [4.78, 5) is 27.0. The van der Waals surface area contributed by atoms with Crippen LogP contribution in [0, 0.1) is 0 Å². The van der Waals surface area contributed by atoms with E-state index in [0.717, 1.165) is 17.7 Å². The fourth-order valence-electron chi connectivity index (χ4n) is 2.78. The van der Waals surface area contributed by atoms with Crippen molar-refractivity contribution in [2.24, 2.45) is 5.73 Å². The van der Waals surface area contributed by atoms with Crippen molar-refractivity contribution in [3.8, 4) is 0 Å². The second-order valence-electron chi connectivity index (χ2n) is 6.38. The third kappa shape index (κ3) is 6.70. The van der Waals surface area contributed by atoms with Gasteiger partial charge in [-0.25, -0.2) is 0 Å². The lowest BCUT2D eigenvalue weighted by atomic mass is 10.0. The van der Waals surface area contributed by atoms with Crippen molar-refractivity contribution < 1.29 is 9.59 Å². The van der Waals surface area contributed by atoms with E-state index in [9.17, 15) is 9.59 Å². The second kappa shape index (κ2) is 11.4. The Hall–Kier alpha value is -2.37. The van der Waals surface area contributed by atoms with Crippen LogP contribution >= 0.6 is 12.4 Å². The monoisotopic (exact) mass is 389 g/mol. The number of nitrogens with zero attached hydrogens (tertiary/aromatic N) is 1. The van der Waals surface area contributed by atoms with Gasteiger partial charge in [0.15, 0.2) is 0 Å². The SMILES string of the molecule is CCCC(N)C(=O)N[C@@H](Cc1ccccc1)C(=O)N(C)c1ccccc1.Cl. The number of amides is 2. The highest BCUT2D eigenvalue weighted by Gasteiger charge is 2.26. The number of para-hydroxylation sites is 1. The molecular formula is C21H28ClN3O2. The first-order valence-corrected chi connectivity index (χ1v) is 8.95. The molecule has 2 atom stereocenters. The minimum Gasteiger partial charge on any atom is -0.343 e. The van der Waals surface area contributed by atoms with Gasteiger partial charge in [-0.05, 0) is 24.1 Å². The lowest BCUT2D eigenvalue weighted by Crippen LogP contribution is -2.53. The minimum absolute atomic E-state index is 0. The van der Waals surface area contributed by atoms with Crippen LogP contribution in [0.5, 0.6) is 0 Å². The van der Waals surface area contributed by atoms with Crippen LogP contribution in [-0.2, 0) is 16.0 Å². The maximum atomic E-state index is 13.0. The van der Waals surface area contributed by atoms with E-state index in [0.29, 0.717) is 12.8 Å². The first-order chi connectivity index (χ1) is 12.5. The zero-order chi connectivity index (χ0) is 18.9. The molecule has 0 aliphatic heterocycles. The van der Waals surface area contributed by atoms with Gasteiger partial charge in [-0.15, -0.1) is 12.4 Å². The molecule has 2 aromatic carbocycles.